The lowest BCUT2D eigenvalue weighted by atomic mass is 10.0. The maximum absolute atomic E-state index is 14.7. The Labute approximate surface area is 233 Å². The number of halogens is 3. The van der Waals surface area contributed by atoms with E-state index in [1.165, 1.54) is 18.3 Å². The molecule has 3 aliphatic rings. The number of aromatic nitrogens is 1. The van der Waals surface area contributed by atoms with E-state index in [1.54, 1.807) is 6.07 Å². The highest BCUT2D eigenvalue weighted by Gasteiger charge is 2.42. The zero-order valence-corrected chi connectivity index (χ0v) is 23.1. The fourth-order valence-corrected chi connectivity index (χ4v) is 5.74. The van der Waals surface area contributed by atoms with E-state index in [-0.39, 0.29) is 41.8 Å². The molecule has 11 heteroatoms. The number of hydrogen-bond donors (Lipinski definition) is 2. The molecule has 2 saturated heterocycles. The van der Waals surface area contributed by atoms with Crippen LogP contribution in [0.5, 0.6) is 5.75 Å². The van der Waals surface area contributed by atoms with Gasteiger partial charge in [-0.15, -0.1) is 0 Å². The molecular formula is C29H39F3N6O2. The second-order valence-electron chi connectivity index (χ2n) is 11.0. The van der Waals surface area contributed by atoms with Crippen molar-refractivity contribution in [2.24, 2.45) is 0 Å². The number of ether oxygens (including phenoxy) is 1. The van der Waals surface area contributed by atoms with Crippen LogP contribution in [0.2, 0.25) is 0 Å². The van der Waals surface area contributed by atoms with Gasteiger partial charge in [-0.05, 0) is 44.5 Å². The van der Waals surface area contributed by atoms with E-state index >= 15 is 0 Å². The maximum Gasteiger partial charge on any atom is 0.236 e. The minimum atomic E-state index is -0.795. The molecule has 1 saturated carbocycles. The van der Waals surface area contributed by atoms with Gasteiger partial charge in [0, 0.05) is 93.7 Å². The van der Waals surface area contributed by atoms with E-state index in [9.17, 15) is 18.0 Å². The highest BCUT2D eigenvalue weighted by molar-refractivity contribution is 5.78. The van der Waals surface area contributed by atoms with Crippen molar-refractivity contribution in [2.45, 2.75) is 43.9 Å². The molecule has 2 atom stereocenters. The number of likely N-dealkylation sites (N-methyl/N-ethyl adjacent to an activating group) is 1. The smallest absolute Gasteiger partial charge is 0.236 e. The minimum Gasteiger partial charge on any atom is -0.485 e. The summed E-state index contributed by atoms with van der Waals surface area (Å²) in [7, 11) is 1.96. The van der Waals surface area contributed by atoms with Crippen LogP contribution in [0.25, 0.3) is 0 Å². The molecule has 1 aromatic heterocycles. The fraction of sp³-hybridized carbons (Fsp3) is 0.586. The van der Waals surface area contributed by atoms with Gasteiger partial charge in [0.05, 0.1) is 6.54 Å². The molecule has 2 N–H and O–H groups in total. The van der Waals surface area contributed by atoms with Gasteiger partial charge < -0.3 is 20.3 Å². The third-order valence-electron chi connectivity index (χ3n) is 8.23. The number of pyridine rings is 1. The van der Waals surface area contributed by atoms with Gasteiger partial charge in [0.25, 0.3) is 0 Å². The van der Waals surface area contributed by atoms with Crippen LogP contribution in [-0.2, 0) is 11.4 Å². The Bertz CT molecular complexity index is 1150. The Hall–Kier alpha value is -2.73. The molecule has 0 radical (unpaired) electrons. The number of nitrogens with zero attached hydrogens (tertiary/aromatic N) is 4. The SMILES string of the molecule is CNCCN1CCN(CC(=O)N2CCC(NC3CC3c3cc(F)cc(F)c3OCc3cccnc3F)CC2)CC1. The summed E-state index contributed by atoms with van der Waals surface area (Å²) in [6.45, 7) is 7.51. The Morgan fingerprint density at radius 1 is 1.07 bits per heavy atom. The molecule has 8 nitrogen and oxygen atoms in total. The Morgan fingerprint density at radius 2 is 1.82 bits per heavy atom. The molecule has 218 valence electrons. The van der Waals surface area contributed by atoms with Gasteiger partial charge in [0.2, 0.25) is 11.9 Å². The van der Waals surface area contributed by atoms with Crippen molar-refractivity contribution in [3.8, 4) is 5.75 Å². The largest absolute Gasteiger partial charge is 0.485 e. The Balaban J connectivity index is 1.08. The second-order valence-corrected chi connectivity index (χ2v) is 11.0. The number of carbonyl (C=O) groups is 1. The summed E-state index contributed by atoms with van der Waals surface area (Å²) in [5.41, 5.74) is 0.661. The standard InChI is InChI=1S/C29H39F3N6O2/c1-33-7-10-36-11-13-37(14-12-36)18-27(39)38-8-4-22(5-9-38)35-26-17-23(26)24-15-21(30)16-25(31)28(24)40-19-20-3-2-6-34-29(20)32/h2-3,6,15-16,22-23,26,33,35H,4-5,7-14,17-19H2,1H3. The zero-order chi connectivity index (χ0) is 28.1. The number of carbonyl (C=O) groups excluding carboxylic acids is 1. The molecule has 0 spiro atoms. The van der Waals surface area contributed by atoms with Crippen LogP contribution < -0.4 is 15.4 Å². The molecule has 40 heavy (non-hydrogen) atoms. The summed E-state index contributed by atoms with van der Waals surface area (Å²) in [6, 6.07) is 5.52. The average molecular weight is 561 g/mol. The minimum absolute atomic E-state index is 0.0396. The number of likely N-dealkylation sites (tertiary alicyclic amines) is 1. The normalized spacial score (nSPS) is 22.4. The van der Waals surface area contributed by atoms with E-state index in [1.807, 2.05) is 11.9 Å². The van der Waals surface area contributed by atoms with E-state index < -0.39 is 17.6 Å². The lowest BCUT2D eigenvalue weighted by Crippen LogP contribution is -2.52. The van der Waals surface area contributed by atoms with Gasteiger partial charge in [-0.25, -0.2) is 13.8 Å². The number of piperazine rings is 1. The summed E-state index contributed by atoms with van der Waals surface area (Å²) in [5, 5.41) is 6.80. The number of rotatable bonds is 11. The van der Waals surface area contributed by atoms with Gasteiger partial charge in [0.15, 0.2) is 11.6 Å². The first kappa shape index (κ1) is 28.8. The van der Waals surface area contributed by atoms with Crippen molar-refractivity contribution in [2.75, 3.05) is 66.0 Å². The van der Waals surface area contributed by atoms with Gasteiger partial charge in [-0.1, -0.05) is 0 Å². The predicted octanol–water partition coefficient (Wildman–Crippen LogP) is 2.35. The lowest BCUT2D eigenvalue weighted by Gasteiger charge is -2.37. The Morgan fingerprint density at radius 3 is 2.55 bits per heavy atom. The number of benzene rings is 1. The van der Waals surface area contributed by atoms with Gasteiger partial charge in [0.1, 0.15) is 12.4 Å². The molecule has 3 heterocycles. The maximum atomic E-state index is 14.7. The van der Waals surface area contributed by atoms with Gasteiger partial charge >= 0.3 is 0 Å². The third-order valence-corrected chi connectivity index (χ3v) is 8.23. The van der Waals surface area contributed by atoms with E-state index in [0.717, 1.165) is 64.6 Å². The monoisotopic (exact) mass is 560 g/mol. The highest BCUT2D eigenvalue weighted by Crippen LogP contribution is 2.46. The van der Waals surface area contributed by atoms with Crippen LogP contribution in [0.3, 0.4) is 0 Å². The molecule has 1 aromatic carbocycles. The van der Waals surface area contributed by atoms with Gasteiger partial charge in [-0.2, -0.15) is 4.39 Å². The van der Waals surface area contributed by atoms with Crippen LogP contribution >= 0.6 is 0 Å². The molecule has 1 amide bonds. The summed E-state index contributed by atoms with van der Waals surface area (Å²) in [4.78, 5) is 23.1. The quantitative estimate of drug-likeness (QED) is 0.409. The first-order valence-electron chi connectivity index (χ1n) is 14.3. The van der Waals surface area contributed by atoms with E-state index in [0.29, 0.717) is 25.2 Å². The predicted molar refractivity (Wildman–Crippen MR) is 146 cm³/mol. The summed E-state index contributed by atoms with van der Waals surface area (Å²) in [5.74, 6) is -2.08. The molecule has 0 bridgehead atoms. The zero-order valence-electron chi connectivity index (χ0n) is 23.1. The number of nitrogens with one attached hydrogen (secondary N) is 2. The number of piperidine rings is 1. The summed E-state index contributed by atoms with van der Waals surface area (Å²) in [6.07, 6.45) is 3.75. The van der Waals surface area contributed by atoms with Crippen molar-refractivity contribution in [1.82, 2.24) is 30.3 Å². The Kier molecular flexibility index (Phi) is 9.56. The van der Waals surface area contributed by atoms with Crippen LogP contribution in [0.4, 0.5) is 13.2 Å². The molecule has 1 aliphatic carbocycles. The van der Waals surface area contributed by atoms with Crippen molar-refractivity contribution in [1.29, 1.82) is 0 Å². The van der Waals surface area contributed by atoms with Crippen molar-refractivity contribution in [3.05, 3.63) is 59.2 Å². The molecule has 2 aliphatic heterocycles. The number of hydrogen-bond acceptors (Lipinski definition) is 7. The van der Waals surface area contributed by atoms with E-state index in [2.05, 4.69) is 25.4 Å². The van der Waals surface area contributed by atoms with Crippen LogP contribution in [0.1, 0.15) is 36.3 Å². The van der Waals surface area contributed by atoms with Crippen LogP contribution in [-0.4, -0.2) is 104 Å². The second kappa shape index (κ2) is 13.3. The first-order valence-corrected chi connectivity index (χ1v) is 14.3. The summed E-state index contributed by atoms with van der Waals surface area (Å²) < 4.78 is 48.4. The van der Waals surface area contributed by atoms with Crippen LogP contribution in [0.15, 0.2) is 30.5 Å². The highest BCUT2D eigenvalue weighted by atomic mass is 19.1. The molecular weight excluding hydrogens is 521 g/mol. The lowest BCUT2D eigenvalue weighted by molar-refractivity contribution is -0.134. The van der Waals surface area contributed by atoms with Gasteiger partial charge in [-0.3, -0.25) is 14.6 Å². The molecule has 5 rings (SSSR count). The molecule has 3 fully saturated rings. The fourth-order valence-electron chi connectivity index (χ4n) is 5.74. The van der Waals surface area contributed by atoms with Crippen molar-refractivity contribution in [3.63, 3.8) is 0 Å². The van der Waals surface area contributed by atoms with Crippen LogP contribution in [0, 0.1) is 17.6 Å². The van der Waals surface area contributed by atoms with Crippen molar-refractivity contribution >= 4 is 5.91 Å². The topological polar surface area (TPSA) is 73.0 Å². The summed E-state index contributed by atoms with van der Waals surface area (Å²) >= 11 is 0. The average Bonchev–Trinajstić information content (AvgIpc) is 3.72. The van der Waals surface area contributed by atoms with E-state index in [4.69, 9.17) is 4.74 Å². The van der Waals surface area contributed by atoms with Crippen molar-refractivity contribution < 1.29 is 22.7 Å². The number of amides is 1. The first-order chi connectivity index (χ1) is 19.4. The molecule has 2 unspecified atom stereocenters. The third kappa shape index (κ3) is 7.31. The molecule has 2 aromatic rings.